The molecule has 1 aliphatic rings. The average Bonchev–Trinajstić information content (AvgIpc) is 2.73. The number of benzene rings is 2. The lowest BCUT2D eigenvalue weighted by Crippen LogP contribution is -2.50. The minimum Gasteiger partial charge on any atom is -0.207 e. The number of nitriles is 1. The summed E-state index contributed by atoms with van der Waals surface area (Å²) in [6.45, 7) is -0.970. The minimum atomic E-state index is -4.83. The van der Waals surface area contributed by atoms with Gasteiger partial charge in [-0.15, -0.1) is 0 Å². The molecule has 166 valence electrons. The molecule has 2 aromatic carbocycles. The van der Waals surface area contributed by atoms with Crippen molar-refractivity contribution in [2.24, 2.45) is 0 Å². The predicted octanol–water partition coefficient (Wildman–Crippen LogP) is 2.93. The van der Waals surface area contributed by atoms with Gasteiger partial charge >= 0.3 is 6.18 Å². The summed E-state index contributed by atoms with van der Waals surface area (Å²) >= 11 is 5.54. The van der Waals surface area contributed by atoms with E-state index < -0.39 is 41.7 Å². The van der Waals surface area contributed by atoms with Crippen LogP contribution in [0.5, 0.6) is 0 Å². The molecule has 0 aromatic heterocycles. The molecule has 1 fully saturated rings. The molecule has 1 aliphatic heterocycles. The zero-order chi connectivity index (χ0) is 23.0. The highest BCUT2D eigenvalue weighted by atomic mass is 35.5. The van der Waals surface area contributed by atoms with E-state index in [0.29, 0.717) is 6.07 Å². The first-order chi connectivity index (χ1) is 14.4. The van der Waals surface area contributed by atoms with E-state index in [0.717, 1.165) is 20.7 Å². The van der Waals surface area contributed by atoms with Gasteiger partial charge in [0.2, 0.25) is 20.0 Å². The predicted molar refractivity (Wildman–Crippen MR) is 105 cm³/mol. The highest BCUT2D eigenvalue weighted by Crippen LogP contribution is 2.36. The molecule has 0 N–H and O–H groups in total. The Hall–Kier alpha value is -2.17. The number of rotatable bonds is 4. The van der Waals surface area contributed by atoms with E-state index in [4.69, 9.17) is 16.9 Å². The van der Waals surface area contributed by atoms with E-state index in [2.05, 4.69) is 0 Å². The Morgan fingerprint density at radius 2 is 1.45 bits per heavy atom. The molecule has 0 amide bonds. The quantitative estimate of drug-likeness (QED) is 0.652. The van der Waals surface area contributed by atoms with E-state index in [1.165, 1.54) is 24.3 Å². The van der Waals surface area contributed by atoms with Gasteiger partial charge in [-0.25, -0.2) is 16.8 Å². The van der Waals surface area contributed by atoms with Crippen LogP contribution in [0.25, 0.3) is 0 Å². The molecule has 1 heterocycles. The van der Waals surface area contributed by atoms with E-state index >= 15 is 0 Å². The van der Waals surface area contributed by atoms with Crippen LogP contribution in [0.4, 0.5) is 13.2 Å². The van der Waals surface area contributed by atoms with Gasteiger partial charge in [0.1, 0.15) is 6.07 Å². The number of sulfonamides is 2. The second kappa shape index (κ2) is 8.40. The minimum absolute atomic E-state index is 0.0432. The standard InChI is InChI=1S/C18H15ClF3N3O4S2/c19-16-6-5-14(11-15(16)18(20,21)22)30(26,27)24-7-9-25(10-8-24)31(28,29)17-4-2-1-3-13(17)12-23/h1-6,11H,7-10H2. The third kappa shape index (κ3) is 4.56. The molecule has 13 heteroatoms. The van der Waals surface area contributed by atoms with Gasteiger partial charge in [0, 0.05) is 26.2 Å². The Balaban J connectivity index is 1.83. The third-order valence-corrected chi connectivity index (χ3v) is 8.88. The van der Waals surface area contributed by atoms with E-state index in [1.807, 2.05) is 0 Å². The average molecular weight is 494 g/mol. The fourth-order valence-corrected chi connectivity index (χ4v) is 6.34. The lowest BCUT2D eigenvalue weighted by Gasteiger charge is -2.33. The van der Waals surface area contributed by atoms with Gasteiger partial charge in [-0.05, 0) is 30.3 Å². The van der Waals surface area contributed by atoms with E-state index in [-0.39, 0.29) is 36.6 Å². The van der Waals surface area contributed by atoms with Crippen molar-refractivity contribution in [1.29, 1.82) is 5.26 Å². The van der Waals surface area contributed by atoms with Crippen molar-refractivity contribution < 1.29 is 30.0 Å². The maximum Gasteiger partial charge on any atom is 0.417 e. The van der Waals surface area contributed by atoms with Crippen molar-refractivity contribution in [1.82, 2.24) is 8.61 Å². The van der Waals surface area contributed by atoms with Crippen molar-refractivity contribution in [2.45, 2.75) is 16.0 Å². The number of hydrogen-bond acceptors (Lipinski definition) is 5. The Kier molecular flexibility index (Phi) is 6.37. The van der Waals surface area contributed by atoms with Gasteiger partial charge < -0.3 is 0 Å². The third-order valence-electron chi connectivity index (χ3n) is 4.70. The summed E-state index contributed by atoms with van der Waals surface area (Å²) in [6, 6.07) is 9.71. The highest BCUT2D eigenvalue weighted by molar-refractivity contribution is 7.89. The van der Waals surface area contributed by atoms with Gasteiger partial charge in [-0.3, -0.25) is 0 Å². The summed E-state index contributed by atoms with van der Waals surface area (Å²) in [4.78, 5) is -0.781. The summed E-state index contributed by atoms with van der Waals surface area (Å²) < 4.78 is 92.5. The molecular formula is C18H15ClF3N3O4S2. The fourth-order valence-electron chi connectivity index (χ4n) is 3.10. The smallest absolute Gasteiger partial charge is 0.207 e. The van der Waals surface area contributed by atoms with E-state index in [1.54, 1.807) is 6.07 Å². The summed E-state index contributed by atoms with van der Waals surface area (Å²) in [5.74, 6) is 0. The molecule has 3 rings (SSSR count). The monoisotopic (exact) mass is 493 g/mol. The SMILES string of the molecule is N#Cc1ccccc1S(=O)(=O)N1CCN(S(=O)(=O)c2ccc(Cl)c(C(F)(F)F)c2)CC1. The molecule has 0 bridgehead atoms. The molecule has 0 saturated carbocycles. The maximum absolute atomic E-state index is 13.1. The van der Waals surface area contributed by atoms with Crippen LogP contribution in [0.3, 0.4) is 0 Å². The van der Waals surface area contributed by atoms with E-state index in [9.17, 15) is 30.0 Å². The van der Waals surface area contributed by atoms with Crippen molar-refractivity contribution in [3.05, 3.63) is 58.6 Å². The Bertz CT molecular complexity index is 1250. The fraction of sp³-hybridized carbons (Fsp3) is 0.278. The van der Waals surface area contributed by atoms with Crippen LogP contribution in [-0.2, 0) is 26.2 Å². The molecule has 0 atom stereocenters. The molecule has 31 heavy (non-hydrogen) atoms. The number of nitrogens with zero attached hydrogens (tertiary/aromatic N) is 3. The summed E-state index contributed by atoms with van der Waals surface area (Å²) in [6.07, 6.45) is -4.83. The number of hydrogen-bond donors (Lipinski definition) is 0. The van der Waals surface area contributed by atoms with Crippen LogP contribution >= 0.6 is 11.6 Å². The lowest BCUT2D eigenvalue weighted by molar-refractivity contribution is -0.137. The van der Waals surface area contributed by atoms with Crippen LogP contribution in [0, 0.1) is 11.3 Å². The van der Waals surface area contributed by atoms with Crippen LogP contribution < -0.4 is 0 Å². The molecule has 1 saturated heterocycles. The lowest BCUT2D eigenvalue weighted by atomic mass is 10.2. The number of halogens is 4. The van der Waals surface area contributed by atoms with Crippen LogP contribution in [0.15, 0.2) is 52.3 Å². The molecule has 0 unspecified atom stereocenters. The van der Waals surface area contributed by atoms with Crippen LogP contribution in [0.2, 0.25) is 5.02 Å². The highest BCUT2D eigenvalue weighted by Gasteiger charge is 2.37. The van der Waals surface area contributed by atoms with Gasteiger partial charge in [0.15, 0.2) is 0 Å². The first-order valence-corrected chi connectivity index (χ1v) is 12.0. The molecule has 0 spiro atoms. The van der Waals surface area contributed by atoms with Gasteiger partial charge in [0.25, 0.3) is 0 Å². The first-order valence-electron chi connectivity index (χ1n) is 8.75. The zero-order valence-corrected chi connectivity index (χ0v) is 18.1. The second-order valence-electron chi connectivity index (χ2n) is 6.56. The topological polar surface area (TPSA) is 98.5 Å². The Labute approximate surface area is 182 Å². The van der Waals surface area contributed by atoms with Crippen LogP contribution in [0.1, 0.15) is 11.1 Å². The number of alkyl halides is 3. The summed E-state index contributed by atoms with van der Waals surface area (Å²) in [7, 11) is -8.35. The zero-order valence-electron chi connectivity index (χ0n) is 15.7. The van der Waals surface area contributed by atoms with Gasteiger partial charge in [-0.1, -0.05) is 23.7 Å². The van der Waals surface area contributed by atoms with Crippen molar-refractivity contribution in [3.8, 4) is 6.07 Å². The Morgan fingerprint density at radius 1 is 0.903 bits per heavy atom. The first kappa shape index (κ1) is 23.5. The largest absolute Gasteiger partial charge is 0.417 e. The molecule has 0 aliphatic carbocycles. The summed E-state index contributed by atoms with van der Waals surface area (Å²) in [5.41, 5.74) is -1.32. The molecule has 0 radical (unpaired) electrons. The normalized spacial score (nSPS) is 16.7. The molecular weight excluding hydrogens is 479 g/mol. The maximum atomic E-state index is 13.1. The van der Waals surface area contributed by atoms with Crippen molar-refractivity contribution in [3.63, 3.8) is 0 Å². The van der Waals surface area contributed by atoms with Crippen molar-refractivity contribution in [2.75, 3.05) is 26.2 Å². The van der Waals surface area contributed by atoms with Crippen LogP contribution in [-0.4, -0.2) is 51.6 Å². The number of piperazine rings is 1. The summed E-state index contributed by atoms with van der Waals surface area (Å²) in [5, 5.41) is 8.52. The van der Waals surface area contributed by atoms with Gasteiger partial charge in [-0.2, -0.15) is 27.0 Å². The van der Waals surface area contributed by atoms with Crippen molar-refractivity contribution >= 4 is 31.6 Å². The molecule has 2 aromatic rings. The van der Waals surface area contributed by atoms with Gasteiger partial charge in [0.05, 0.1) is 25.9 Å². The Morgan fingerprint density at radius 3 is 2.00 bits per heavy atom. The second-order valence-corrected chi connectivity index (χ2v) is 10.8. The molecule has 7 nitrogen and oxygen atoms in total.